The first-order valence-corrected chi connectivity index (χ1v) is 7.51. The molecule has 0 aliphatic rings. The number of rotatable bonds is 3. The quantitative estimate of drug-likeness (QED) is 0.544. The molecule has 0 fully saturated rings. The van der Waals surface area contributed by atoms with Gasteiger partial charge in [-0.3, -0.25) is 19.5 Å². The lowest BCUT2D eigenvalue weighted by atomic mass is 10.1. The lowest BCUT2D eigenvalue weighted by molar-refractivity contribution is -0.385. The average molecular weight is 389 g/mol. The first-order chi connectivity index (χ1) is 11.4. The molecular weight excluding hydrogens is 380 g/mol. The molecule has 0 amide bonds. The van der Waals surface area contributed by atoms with Crippen molar-refractivity contribution in [2.45, 2.75) is 0 Å². The Balaban J connectivity index is 2.18. The van der Waals surface area contributed by atoms with Crippen molar-refractivity contribution in [2.75, 3.05) is 0 Å². The van der Waals surface area contributed by atoms with Crippen LogP contribution in [0.5, 0.6) is 0 Å². The third-order valence-electron chi connectivity index (χ3n) is 3.55. The van der Waals surface area contributed by atoms with Crippen LogP contribution >= 0.6 is 15.9 Å². The van der Waals surface area contributed by atoms with E-state index in [0.717, 1.165) is 6.07 Å². The van der Waals surface area contributed by atoms with E-state index >= 15 is 0 Å². The molecule has 0 aliphatic carbocycles. The molecule has 0 atom stereocenters. The minimum atomic E-state index is -1.15. The maximum absolute atomic E-state index is 12.7. The molecule has 8 heteroatoms. The lowest BCUT2D eigenvalue weighted by Gasteiger charge is -2.05. The SMILES string of the molecule is O=C(O)c1cn(C(=O)c2ccc(Br)c([N+](=O)[O-])c2)c2ccccc12. The summed E-state index contributed by atoms with van der Waals surface area (Å²) < 4.78 is 1.44. The van der Waals surface area contributed by atoms with E-state index in [2.05, 4.69) is 15.9 Å². The molecule has 0 radical (unpaired) electrons. The summed E-state index contributed by atoms with van der Waals surface area (Å²) in [4.78, 5) is 34.5. The summed E-state index contributed by atoms with van der Waals surface area (Å²) in [6.07, 6.45) is 1.23. The van der Waals surface area contributed by atoms with Crippen LogP contribution in [0.25, 0.3) is 10.9 Å². The zero-order chi connectivity index (χ0) is 17.4. The number of carboxylic acids is 1. The number of nitro groups is 1. The van der Waals surface area contributed by atoms with Gasteiger partial charge in [-0.1, -0.05) is 18.2 Å². The molecule has 0 aliphatic heterocycles. The molecular formula is C16H9BrN2O5. The first-order valence-electron chi connectivity index (χ1n) is 6.72. The fraction of sp³-hybridized carbons (Fsp3) is 0. The predicted octanol–water partition coefficient (Wildman–Crippen LogP) is 3.70. The van der Waals surface area contributed by atoms with Crippen molar-refractivity contribution < 1.29 is 19.6 Å². The van der Waals surface area contributed by atoms with E-state index in [1.165, 1.54) is 22.9 Å². The van der Waals surface area contributed by atoms with Gasteiger partial charge in [-0.15, -0.1) is 0 Å². The van der Waals surface area contributed by atoms with Crippen LogP contribution < -0.4 is 0 Å². The number of hydrogen-bond acceptors (Lipinski definition) is 4. The minimum Gasteiger partial charge on any atom is -0.478 e. The van der Waals surface area contributed by atoms with Gasteiger partial charge in [0.05, 0.1) is 20.5 Å². The van der Waals surface area contributed by atoms with E-state index in [0.29, 0.717) is 10.9 Å². The van der Waals surface area contributed by atoms with Gasteiger partial charge < -0.3 is 5.11 Å². The zero-order valence-electron chi connectivity index (χ0n) is 12.0. The number of benzene rings is 2. The van der Waals surface area contributed by atoms with E-state index in [1.807, 2.05) is 0 Å². The maximum Gasteiger partial charge on any atom is 0.337 e. The number of nitro benzene ring substituents is 1. The fourth-order valence-electron chi connectivity index (χ4n) is 2.44. The van der Waals surface area contributed by atoms with Crippen LogP contribution in [0.2, 0.25) is 0 Å². The van der Waals surface area contributed by atoms with E-state index in [9.17, 15) is 24.8 Å². The van der Waals surface area contributed by atoms with Crippen LogP contribution in [0.1, 0.15) is 20.7 Å². The lowest BCUT2D eigenvalue weighted by Crippen LogP contribution is -2.11. The van der Waals surface area contributed by atoms with Crippen molar-refractivity contribution in [3.05, 3.63) is 74.4 Å². The normalized spacial score (nSPS) is 10.7. The third kappa shape index (κ3) is 2.56. The molecule has 1 aromatic heterocycles. The molecule has 24 heavy (non-hydrogen) atoms. The molecule has 0 saturated heterocycles. The summed E-state index contributed by atoms with van der Waals surface area (Å²) in [5.74, 6) is -1.70. The minimum absolute atomic E-state index is 0.00874. The Morgan fingerprint density at radius 1 is 1.17 bits per heavy atom. The Kier molecular flexibility index (Phi) is 3.90. The van der Waals surface area contributed by atoms with Crippen molar-refractivity contribution in [1.82, 2.24) is 4.57 Å². The largest absolute Gasteiger partial charge is 0.478 e. The number of hydrogen-bond donors (Lipinski definition) is 1. The number of aromatic nitrogens is 1. The summed E-state index contributed by atoms with van der Waals surface area (Å²) in [7, 11) is 0. The molecule has 1 N–H and O–H groups in total. The number of aromatic carboxylic acids is 1. The number of carbonyl (C=O) groups excluding carboxylic acids is 1. The Bertz CT molecular complexity index is 1010. The van der Waals surface area contributed by atoms with Crippen molar-refractivity contribution in [1.29, 1.82) is 0 Å². The first kappa shape index (κ1) is 15.9. The molecule has 0 unspecified atom stereocenters. The molecule has 0 spiro atoms. The molecule has 3 rings (SSSR count). The van der Waals surface area contributed by atoms with Gasteiger partial charge in [-0.25, -0.2) is 4.79 Å². The zero-order valence-corrected chi connectivity index (χ0v) is 13.6. The number of carboxylic acid groups (broad SMARTS) is 1. The van der Waals surface area contributed by atoms with Crippen LogP contribution in [-0.4, -0.2) is 26.5 Å². The fourth-order valence-corrected chi connectivity index (χ4v) is 2.83. The highest BCUT2D eigenvalue weighted by Crippen LogP contribution is 2.27. The highest BCUT2D eigenvalue weighted by Gasteiger charge is 2.21. The number of carbonyl (C=O) groups is 2. The Labute approximate surface area is 143 Å². The molecule has 2 aromatic carbocycles. The van der Waals surface area contributed by atoms with Crippen LogP contribution in [0.3, 0.4) is 0 Å². The highest BCUT2D eigenvalue weighted by molar-refractivity contribution is 9.10. The second-order valence-electron chi connectivity index (χ2n) is 4.96. The van der Waals surface area contributed by atoms with Gasteiger partial charge in [0.25, 0.3) is 11.6 Å². The molecule has 1 heterocycles. The van der Waals surface area contributed by atoms with Crippen LogP contribution in [0.4, 0.5) is 5.69 Å². The second-order valence-corrected chi connectivity index (χ2v) is 5.82. The van der Waals surface area contributed by atoms with Crippen LogP contribution in [0.15, 0.2) is 53.1 Å². The third-order valence-corrected chi connectivity index (χ3v) is 4.22. The van der Waals surface area contributed by atoms with Gasteiger partial charge >= 0.3 is 5.97 Å². The van der Waals surface area contributed by atoms with E-state index in [-0.39, 0.29) is 21.3 Å². The van der Waals surface area contributed by atoms with Gasteiger partial charge in [-0.05, 0) is 34.1 Å². The Morgan fingerprint density at radius 2 is 1.88 bits per heavy atom. The summed E-state index contributed by atoms with van der Waals surface area (Å²) >= 11 is 3.06. The van der Waals surface area contributed by atoms with Crippen LogP contribution in [0, 0.1) is 10.1 Å². The Hall–Kier alpha value is -3.00. The summed E-state index contributed by atoms with van der Waals surface area (Å²) in [5.41, 5.74) is 0.259. The predicted molar refractivity (Wildman–Crippen MR) is 89.4 cm³/mol. The molecule has 3 aromatic rings. The smallest absolute Gasteiger partial charge is 0.337 e. The van der Waals surface area contributed by atoms with Crippen molar-refractivity contribution in [3.63, 3.8) is 0 Å². The summed E-state index contributed by atoms with van der Waals surface area (Å²) in [6.45, 7) is 0. The van der Waals surface area contributed by atoms with Gasteiger partial charge in [-0.2, -0.15) is 0 Å². The number of halogens is 1. The van der Waals surface area contributed by atoms with E-state index < -0.39 is 16.8 Å². The second kappa shape index (κ2) is 5.89. The van der Waals surface area contributed by atoms with E-state index in [1.54, 1.807) is 24.3 Å². The van der Waals surface area contributed by atoms with Gasteiger partial charge in [0.1, 0.15) is 0 Å². The van der Waals surface area contributed by atoms with Gasteiger partial charge in [0, 0.05) is 23.2 Å². The number of fused-ring (bicyclic) bond motifs is 1. The topological polar surface area (TPSA) is 102 Å². The number of nitrogens with zero attached hydrogens (tertiary/aromatic N) is 2. The summed E-state index contributed by atoms with van der Waals surface area (Å²) in [5, 5.41) is 20.7. The number of para-hydroxylation sites is 1. The molecule has 0 bridgehead atoms. The van der Waals surface area contributed by atoms with Gasteiger partial charge in [0.2, 0.25) is 0 Å². The molecule has 120 valence electrons. The van der Waals surface area contributed by atoms with Crippen molar-refractivity contribution in [2.24, 2.45) is 0 Å². The monoisotopic (exact) mass is 388 g/mol. The Morgan fingerprint density at radius 3 is 2.54 bits per heavy atom. The molecule has 0 saturated carbocycles. The average Bonchev–Trinajstić information content (AvgIpc) is 2.94. The van der Waals surface area contributed by atoms with Crippen molar-refractivity contribution >= 4 is 44.4 Å². The summed E-state index contributed by atoms with van der Waals surface area (Å²) in [6, 6.07) is 10.6. The highest BCUT2D eigenvalue weighted by atomic mass is 79.9. The van der Waals surface area contributed by atoms with E-state index in [4.69, 9.17) is 0 Å². The van der Waals surface area contributed by atoms with Crippen LogP contribution in [-0.2, 0) is 0 Å². The van der Waals surface area contributed by atoms with Gasteiger partial charge in [0.15, 0.2) is 0 Å². The van der Waals surface area contributed by atoms with Crippen molar-refractivity contribution in [3.8, 4) is 0 Å². The maximum atomic E-state index is 12.7. The standard InChI is InChI=1S/C16H9BrN2O5/c17-12-6-5-9(7-14(12)19(23)24)15(20)18-8-11(16(21)22)10-3-1-2-4-13(10)18/h1-8H,(H,21,22). The molecule has 7 nitrogen and oxygen atoms in total.